The topological polar surface area (TPSA) is 58.6 Å². The molecule has 0 amide bonds. The average molecular weight is 437 g/mol. The van der Waals surface area contributed by atoms with Crippen molar-refractivity contribution in [1.82, 2.24) is 4.90 Å². The third-order valence-corrected chi connectivity index (χ3v) is 6.42. The van der Waals surface area contributed by atoms with Gasteiger partial charge in [0.1, 0.15) is 12.4 Å². The number of halogens is 1. The van der Waals surface area contributed by atoms with E-state index < -0.39 is 16.7 Å². The second-order valence-electron chi connectivity index (χ2n) is 7.20. The number of alkyl halides is 1. The zero-order chi connectivity index (χ0) is 21.8. The molecule has 2 aromatic carbocycles. The Bertz CT molecular complexity index is 836. The number of ether oxygens (including phenoxy) is 1. The fourth-order valence-corrected chi connectivity index (χ4v) is 4.17. The van der Waals surface area contributed by atoms with Crippen LogP contribution >= 0.6 is 0 Å². The van der Waals surface area contributed by atoms with Crippen LogP contribution in [-0.4, -0.2) is 39.6 Å². The van der Waals surface area contributed by atoms with Crippen LogP contribution < -0.4 is 9.46 Å². The van der Waals surface area contributed by atoms with E-state index in [1.165, 1.54) is 37.1 Å². The fourth-order valence-electron chi connectivity index (χ4n) is 3.11. The zero-order valence-electron chi connectivity index (χ0n) is 17.9. The van der Waals surface area contributed by atoms with E-state index in [-0.39, 0.29) is 4.90 Å². The number of sulfonamides is 1. The molecule has 0 bridgehead atoms. The third-order valence-electron chi connectivity index (χ3n) is 5.03. The molecule has 0 aromatic heterocycles. The molecular formula is C23H33FN2O3S. The summed E-state index contributed by atoms with van der Waals surface area (Å²) in [5, 5.41) is 0. The van der Waals surface area contributed by atoms with Crippen LogP contribution in [0.1, 0.15) is 45.1 Å². The van der Waals surface area contributed by atoms with E-state index in [2.05, 4.69) is 23.5 Å². The van der Waals surface area contributed by atoms with Gasteiger partial charge in [0.05, 0.1) is 11.5 Å². The number of benzene rings is 2. The quantitative estimate of drug-likeness (QED) is 0.412. The molecule has 0 unspecified atom stereocenters. The molecule has 166 valence electrons. The second kappa shape index (κ2) is 12.5. The van der Waals surface area contributed by atoms with Gasteiger partial charge in [-0.2, -0.15) is 0 Å². The lowest BCUT2D eigenvalue weighted by molar-refractivity contribution is 0.284. The van der Waals surface area contributed by atoms with Gasteiger partial charge in [-0.3, -0.25) is 4.72 Å². The molecule has 0 heterocycles. The Labute approximate surface area is 180 Å². The van der Waals surface area contributed by atoms with Crippen molar-refractivity contribution in [2.24, 2.45) is 0 Å². The average Bonchev–Trinajstić information content (AvgIpc) is 2.76. The van der Waals surface area contributed by atoms with Gasteiger partial charge >= 0.3 is 0 Å². The summed E-state index contributed by atoms with van der Waals surface area (Å²) in [5.41, 5.74) is 0.896. The van der Waals surface area contributed by atoms with E-state index in [1.54, 1.807) is 24.3 Å². The van der Waals surface area contributed by atoms with Gasteiger partial charge in [-0.25, -0.2) is 12.8 Å². The molecule has 30 heavy (non-hydrogen) atoms. The van der Waals surface area contributed by atoms with Gasteiger partial charge in [-0.1, -0.05) is 38.8 Å². The molecule has 5 nitrogen and oxygen atoms in total. The van der Waals surface area contributed by atoms with E-state index in [4.69, 9.17) is 4.74 Å². The number of hydrogen-bond donors (Lipinski definition) is 1. The van der Waals surface area contributed by atoms with Crippen LogP contribution in [0.15, 0.2) is 53.4 Å². The van der Waals surface area contributed by atoms with Gasteiger partial charge in [0.15, 0.2) is 0 Å². The minimum Gasteiger partial charge on any atom is -0.494 e. The van der Waals surface area contributed by atoms with E-state index in [1.807, 2.05) is 0 Å². The number of anilines is 1. The van der Waals surface area contributed by atoms with E-state index in [0.717, 1.165) is 32.5 Å². The number of nitrogens with zero attached hydrogens (tertiary/aromatic N) is 1. The normalized spacial score (nSPS) is 11.6. The molecule has 7 heteroatoms. The molecule has 0 fully saturated rings. The molecule has 0 atom stereocenters. The maximum atomic E-state index is 12.6. The summed E-state index contributed by atoms with van der Waals surface area (Å²) in [6.07, 6.45) is 4.56. The van der Waals surface area contributed by atoms with Crippen molar-refractivity contribution in [2.75, 3.05) is 31.0 Å². The van der Waals surface area contributed by atoms with Crippen LogP contribution in [-0.2, 0) is 16.7 Å². The zero-order valence-corrected chi connectivity index (χ0v) is 18.8. The first kappa shape index (κ1) is 24.2. The standard InChI is InChI=1S/C23H33FN2O3S/c1-3-26(4-2)17-7-5-6-8-18-29-22-13-11-21(12-14-22)25-30(27,28)23-15-9-20(19-24)10-16-23/h9-16,25H,3-8,17-19H2,1-2H3. The smallest absolute Gasteiger partial charge is 0.261 e. The first-order valence-corrected chi connectivity index (χ1v) is 12.1. The highest BCUT2D eigenvalue weighted by atomic mass is 32.2. The molecule has 1 N–H and O–H groups in total. The summed E-state index contributed by atoms with van der Waals surface area (Å²) in [6.45, 7) is 7.79. The summed E-state index contributed by atoms with van der Waals surface area (Å²) in [7, 11) is -3.71. The predicted molar refractivity (Wildman–Crippen MR) is 120 cm³/mol. The monoisotopic (exact) mass is 436 g/mol. The Balaban J connectivity index is 1.73. The molecule has 2 aromatic rings. The van der Waals surface area contributed by atoms with E-state index >= 15 is 0 Å². The highest BCUT2D eigenvalue weighted by molar-refractivity contribution is 7.92. The van der Waals surface area contributed by atoms with Crippen LogP contribution in [0.2, 0.25) is 0 Å². The Morgan fingerprint density at radius 1 is 0.900 bits per heavy atom. The molecule has 0 radical (unpaired) electrons. The van der Waals surface area contributed by atoms with Crippen molar-refractivity contribution in [3.8, 4) is 5.75 Å². The lowest BCUT2D eigenvalue weighted by Crippen LogP contribution is -2.23. The Kier molecular flexibility index (Phi) is 10.1. The molecule has 0 aliphatic heterocycles. The molecule has 0 spiro atoms. The Hall–Kier alpha value is -2.12. The van der Waals surface area contributed by atoms with Crippen molar-refractivity contribution >= 4 is 15.7 Å². The second-order valence-corrected chi connectivity index (χ2v) is 8.88. The minimum absolute atomic E-state index is 0.0982. The predicted octanol–water partition coefficient (Wildman–Crippen LogP) is 5.24. The maximum absolute atomic E-state index is 12.6. The van der Waals surface area contributed by atoms with Crippen molar-refractivity contribution in [1.29, 1.82) is 0 Å². The first-order chi connectivity index (χ1) is 14.5. The summed E-state index contributed by atoms with van der Waals surface area (Å²) in [4.78, 5) is 2.53. The highest BCUT2D eigenvalue weighted by Crippen LogP contribution is 2.20. The Morgan fingerprint density at radius 2 is 1.53 bits per heavy atom. The van der Waals surface area contributed by atoms with Gasteiger partial charge in [0, 0.05) is 5.69 Å². The van der Waals surface area contributed by atoms with Gasteiger partial charge in [0.2, 0.25) is 0 Å². The van der Waals surface area contributed by atoms with Gasteiger partial charge in [-0.05, 0) is 74.4 Å². The number of hydrogen-bond acceptors (Lipinski definition) is 4. The van der Waals surface area contributed by atoms with Crippen molar-refractivity contribution in [2.45, 2.75) is 51.1 Å². The maximum Gasteiger partial charge on any atom is 0.261 e. The molecule has 0 aliphatic rings. The highest BCUT2D eigenvalue weighted by Gasteiger charge is 2.14. The van der Waals surface area contributed by atoms with Crippen LogP contribution in [0, 0.1) is 0 Å². The van der Waals surface area contributed by atoms with Crippen LogP contribution in [0.3, 0.4) is 0 Å². The van der Waals surface area contributed by atoms with Crippen LogP contribution in [0.5, 0.6) is 5.75 Å². The van der Waals surface area contributed by atoms with Gasteiger partial charge in [-0.15, -0.1) is 0 Å². The molecule has 0 aliphatic carbocycles. The number of unbranched alkanes of at least 4 members (excludes halogenated alkanes) is 3. The van der Waals surface area contributed by atoms with E-state index in [9.17, 15) is 12.8 Å². The Morgan fingerprint density at radius 3 is 2.13 bits per heavy atom. The molecule has 0 saturated heterocycles. The molecule has 0 saturated carbocycles. The lowest BCUT2D eigenvalue weighted by Gasteiger charge is -2.17. The summed E-state index contributed by atoms with van der Waals surface area (Å²) in [5.74, 6) is 0.716. The van der Waals surface area contributed by atoms with Gasteiger partial charge < -0.3 is 9.64 Å². The van der Waals surface area contributed by atoms with Crippen molar-refractivity contribution < 1.29 is 17.5 Å². The number of nitrogens with one attached hydrogen (secondary N) is 1. The van der Waals surface area contributed by atoms with Crippen LogP contribution in [0.4, 0.5) is 10.1 Å². The minimum atomic E-state index is -3.71. The van der Waals surface area contributed by atoms with Crippen LogP contribution in [0.25, 0.3) is 0 Å². The third kappa shape index (κ3) is 7.95. The summed E-state index contributed by atoms with van der Waals surface area (Å²) >= 11 is 0. The molecule has 2 rings (SSSR count). The van der Waals surface area contributed by atoms with Crippen molar-refractivity contribution in [3.05, 3.63) is 54.1 Å². The van der Waals surface area contributed by atoms with Gasteiger partial charge in [0.25, 0.3) is 10.0 Å². The lowest BCUT2D eigenvalue weighted by atomic mass is 10.2. The largest absolute Gasteiger partial charge is 0.494 e. The van der Waals surface area contributed by atoms with E-state index in [0.29, 0.717) is 23.6 Å². The first-order valence-electron chi connectivity index (χ1n) is 10.6. The summed E-state index contributed by atoms with van der Waals surface area (Å²) in [6, 6.07) is 12.6. The number of rotatable bonds is 14. The van der Waals surface area contributed by atoms with Crippen molar-refractivity contribution in [3.63, 3.8) is 0 Å². The molecular weight excluding hydrogens is 403 g/mol. The summed E-state index contributed by atoms with van der Waals surface area (Å²) < 4.78 is 45.7. The SMILES string of the molecule is CCN(CC)CCCCCCOc1ccc(NS(=O)(=O)c2ccc(CF)cc2)cc1. The fraction of sp³-hybridized carbons (Fsp3) is 0.478.